The van der Waals surface area contributed by atoms with Crippen LogP contribution in [0.1, 0.15) is 27.0 Å². The maximum Gasteiger partial charge on any atom is 0.344 e. The van der Waals surface area contributed by atoms with Gasteiger partial charge in [0.15, 0.2) is 13.2 Å². The van der Waals surface area contributed by atoms with Crippen LogP contribution in [0.3, 0.4) is 0 Å². The van der Waals surface area contributed by atoms with E-state index in [1.165, 1.54) is 24.3 Å². The van der Waals surface area contributed by atoms with Crippen LogP contribution >= 0.6 is 0 Å². The summed E-state index contributed by atoms with van der Waals surface area (Å²) in [5.41, 5.74) is 3.36. The molecule has 0 aromatic heterocycles. The van der Waals surface area contributed by atoms with Crippen molar-refractivity contribution in [3.8, 4) is 5.75 Å². The molecule has 7 heteroatoms. The number of non-ortho nitro benzene ring substituents is 1. The highest BCUT2D eigenvalue weighted by Crippen LogP contribution is 2.18. The summed E-state index contributed by atoms with van der Waals surface area (Å²) >= 11 is 0. The summed E-state index contributed by atoms with van der Waals surface area (Å²) in [6, 6.07) is 9.01. The second-order valence-electron chi connectivity index (χ2n) is 5.87. The lowest BCUT2D eigenvalue weighted by Crippen LogP contribution is -2.20. The molecule has 7 nitrogen and oxygen atoms in total. The first-order chi connectivity index (χ1) is 12.3. The van der Waals surface area contributed by atoms with E-state index in [1.54, 1.807) is 6.07 Å². The maximum atomic E-state index is 12.2. The largest absolute Gasteiger partial charge is 0.482 e. The molecule has 0 aliphatic rings. The van der Waals surface area contributed by atoms with E-state index in [0.29, 0.717) is 11.3 Å². The van der Waals surface area contributed by atoms with Crippen molar-refractivity contribution in [3.63, 3.8) is 0 Å². The third-order valence-electron chi connectivity index (χ3n) is 3.91. The number of nitro groups is 1. The maximum absolute atomic E-state index is 12.2. The Kier molecular flexibility index (Phi) is 6.06. The van der Waals surface area contributed by atoms with Crippen molar-refractivity contribution in [2.75, 3.05) is 13.2 Å². The summed E-state index contributed by atoms with van der Waals surface area (Å²) in [6.45, 7) is 4.95. The Morgan fingerprint density at radius 2 is 1.58 bits per heavy atom. The van der Waals surface area contributed by atoms with Crippen molar-refractivity contribution in [2.45, 2.75) is 20.8 Å². The molecule has 0 aliphatic carbocycles. The number of aryl methyl sites for hydroxylation is 3. The van der Waals surface area contributed by atoms with E-state index in [9.17, 15) is 19.7 Å². The Morgan fingerprint density at radius 1 is 0.962 bits per heavy atom. The Labute approximate surface area is 150 Å². The average molecular weight is 357 g/mol. The molecule has 0 aliphatic heterocycles. The smallest absolute Gasteiger partial charge is 0.344 e. The number of Topliss-reactive ketones (excluding diaryl/α,β-unsaturated/α-hetero) is 1. The van der Waals surface area contributed by atoms with E-state index in [4.69, 9.17) is 9.47 Å². The Morgan fingerprint density at radius 3 is 2.19 bits per heavy atom. The first kappa shape index (κ1) is 19.1. The fraction of sp³-hybridized carbons (Fsp3) is 0.263. The molecular formula is C19H19NO6. The van der Waals surface area contributed by atoms with E-state index in [0.717, 1.165) is 16.7 Å². The molecule has 0 amide bonds. The van der Waals surface area contributed by atoms with Gasteiger partial charge in [-0.2, -0.15) is 0 Å². The number of nitro benzene ring substituents is 1. The van der Waals surface area contributed by atoms with Gasteiger partial charge in [0.1, 0.15) is 5.75 Å². The zero-order valence-corrected chi connectivity index (χ0v) is 14.8. The Balaban J connectivity index is 1.85. The zero-order valence-electron chi connectivity index (χ0n) is 14.8. The van der Waals surface area contributed by atoms with Gasteiger partial charge in [0.2, 0.25) is 5.78 Å². The number of esters is 1. The minimum Gasteiger partial charge on any atom is -0.482 e. The molecule has 0 heterocycles. The third-order valence-corrected chi connectivity index (χ3v) is 3.91. The summed E-state index contributed by atoms with van der Waals surface area (Å²) in [6.07, 6.45) is 0. The molecule has 26 heavy (non-hydrogen) atoms. The summed E-state index contributed by atoms with van der Waals surface area (Å²) in [4.78, 5) is 34.0. The molecule has 136 valence electrons. The summed E-state index contributed by atoms with van der Waals surface area (Å²) < 4.78 is 10.1. The Hall–Kier alpha value is -3.22. The summed E-state index contributed by atoms with van der Waals surface area (Å²) in [5, 5.41) is 10.6. The van der Waals surface area contributed by atoms with Crippen LogP contribution in [0.25, 0.3) is 0 Å². The molecule has 0 saturated heterocycles. The normalized spacial score (nSPS) is 10.3. The quantitative estimate of drug-likeness (QED) is 0.326. The van der Waals surface area contributed by atoms with Crippen molar-refractivity contribution >= 4 is 17.4 Å². The van der Waals surface area contributed by atoms with Gasteiger partial charge in [0.25, 0.3) is 5.69 Å². The highest BCUT2D eigenvalue weighted by atomic mass is 16.6. The van der Waals surface area contributed by atoms with Gasteiger partial charge in [0, 0.05) is 17.7 Å². The van der Waals surface area contributed by atoms with Crippen LogP contribution in [0.4, 0.5) is 5.69 Å². The molecule has 0 saturated carbocycles. The summed E-state index contributed by atoms with van der Waals surface area (Å²) in [7, 11) is 0. The molecule has 0 N–H and O–H groups in total. The number of carbonyl (C=O) groups excluding carboxylic acids is 2. The van der Waals surface area contributed by atoms with Crippen LogP contribution in [-0.2, 0) is 9.53 Å². The van der Waals surface area contributed by atoms with E-state index in [1.807, 2.05) is 26.8 Å². The van der Waals surface area contributed by atoms with Gasteiger partial charge in [-0.1, -0.05) is 6.07 Å². The number of ether oxygens (including phenoxy) is 2. The van der Waals surface area contributed by atoms with Crippen LogP contribution in [-0.4, -0.2) is 29.9 Å². The molecule has 0 radical (unpaired) electrons. The van der Waals surface area contributed by atoms with E-state index >= 15 is 0 Å². The first-order valence-electron chi connectivity index (χ1n) is 7.92. The lowest BCUT2D eigenvalue weighted by atomic mass is 9.98. The van der Waals surface area contributed by atoms with E-state index in [2.05, 4.69) is 0 Å². The first-order valence-corrected chi connectivity index (χ1v) is 7.92. The number of carbonyl (C=O) groups is 2. The molecule has 2 rings (SSSR count). The number of rotatable bonds is 7. The number of ketones is 1. The van der Waals surface area contributed by atoms with Crippen LogP contribution in [0, 0.1) is 30.9 Å². The van der Waals surface area contributed by atoms with E-state index < -0.39 is 17.5 Å². The predicted octanol–water partition coefficient (Wildman–Crippen LogP) is 3.32. The standard InChI is InChI=1S/C19H19NO6/c1-12-8-14(3)17(9-13(12)2)18(21)10-26-19(22)11-25-16-6-4-15(5-7-16)20(23)24/h4-9H,10-11H2,1-3H3. The van der Waals surface area contributed by atoms with Gasteiger partial charge in [-0.05, 0) is 55.7 Å². The van der Waals surface area contributed by atoms with Gasteiger partial charge >= 0.3 is 5.97 Å². The predicted molar refractivity (Wildman–Crippen MR) is 94.5 cm³/mol. The number of nitrogens with zero attached hydrogens (tertiary/aromatic N) is 1. The molecule has 2 aromatic carbocycles. The zero-order chi connectivity index (χ0) is 19.3. The van der Waals surface area contributed by atoms with Crippen molar-refractivity contribution in [3.05, 3.63) is 68.8 Å². The van der Waals surface area contributed by atoms with Crippen LogP contribution in [0.5, 0.6) is 5.75 Å². The van der Waals surface area contributed by atoms with Crippen molar-refractivity contribution in [1.82, 2.24) is 0 Å². The lowest BCUT2D eigenvalue weighted by molar-refractivity contribution is -0.384. The monoisotopic (exact) mass is 357 g/mol. The molecular weight excluding hydrogens is 338 g/mol. The van der Waals surface area contributed by atoms with Gasteiger partial charge in [-0.3, -0.25) is 14.9 Å². The number of hydrogen-bond donors (Lipinski definition) is 0. The fourth-order valence-electron chi connectivity index (χ4n) is 2.33. The SMILES string of the molecule is Cc1cc(C)c(C(=O)COC(=O)COc2ccc([N+](=O)[O-])cc2)cc1C. The van der Waals surface area contributed by atoms with Gasteiger partial charge in [-0.15, -0.1) is 0 Å². The van der Waals surface area contributed by atoms with Crippen molar-refractivity contribution in [2.24, 2.45) is 0 Å². The second kappa shape index (κ2) is 8.24. The molecule has 0 unspecified atom stereocenters. The molecule has 0 fully saturated rings. The van der Waals surface area contributed by atoms with Crippen LogP contribution in [0.2, 0.25) is 0 Å². The Bertz CT molecular complexity index is 842. The topological polar surface area (TPSA) is 95.7 Å². The minimum atomic E-state index is -0.696. The molecule has 0 atom stereocenters. The summed E-state index contributed by atoms with van der Waals surface area (Å²) in [5.74, 6) is -0.684. The third kappa shape index (κ3) is 4.89. The van der Waals surface area contributed by atoms with Crippen LogP contribution < -0.4 is 4.74 Å². The second-order valence-corrected chi connectivity index (χ2v) is 5.87. The van der Waals surface area contributed by atoms with Gasteiger partial charge in [-0.25, -0.2) is 4.79 Å². The number of benzene rings is 2. The molecule has 0 bridgehead atoms. The van der Waals surface area contributed by atoms with Crippen molar-refractivity contribution in [1.29, 1.82) is 0 Å². The molecule has 2 aromatic rings. The minimum absolute atomic E-state index is 0.0747. The van der Waals surface area contributed by atoms with E-state index in [-0.39, 0.29) is 18.1 Å². The molecule has 0 spiro atoms. The average Bonchev–Trinajstić information content (AvgIpc) is 2.61. The highest BCUT2D eigenvalue weighted by molar-refractivity contribution is 5.99. The fourth-order valence-corrected chi connectivity index (χ4v) is 2.33. The lowest BCUT2D eigenvalue weighted by Gasteiger charge is -2.10. The van der Waals surface area contributed by atoms with Crippen LogP contribution in [0.15, 0.2) is 36.4 Å². The van der Waals surface area contributed by atoms with Crippen molar-refractivity contribution < 1.29 is 24.0 Å². The van der Waals surface area contributed by atoms with Gasteiger partial charge < -0.3 is 9.47 Å². The highest BCUT2D eigenvalue weighted by Gasteiger charge is 2.14. The van der Waals surface area contributed by atoms with Gasteiger partial charge in [0.05, 0.1) is 4.92 Å². The number of hydrogen-bond acceptors (Lipinski definition) is 6.